The van der Waals surface area contributed by atoms with Crippen LogP contribution in [0.1, 0.15) is 54.2 Å². The van der Waals surface area contributed by atoms with Crippen LogP contribution >= 0.6 is 0 Å². The summed E-state index contributed by atoms with van der Waals surface area (Å²) in [7, 11) is -1.57. The molecule has 0 bridgehead atoms. The average Bonchev–Trinajstić information content (AvgIpc) is 3.32. The maximum atomic E-state index is 14.9. The second kappa shape index (κ2) is 10.9. The predicted molar refractivity (Wildman–Crippen MR) is 137 cm³/mol. The molecule has 37 heavy (non-hydrogen) atoms. The van der Waals surface area contributed by atoms with Crippen molar-refractivity contribution in [2.45, 2.75) is 48.8 Å². The molecule has 0 saturated carbocycles. The Kier molecular flexibility index (Phi) is 7.42. The van der Waals surface area contributed by atoms with Crippen molar-refractivity contribution in [2.75, 3.05) is 59.2 Å². The molecule has 0 N–H and O–H groups in total. The summed E-state index contributed by atoms with van der Waals surface area (Å²) in [5.74, 6) is 0.211. The van der Waals surface area contributed by atoms with Crippen molar-refractivity contribution in [3.8, 4) is 11.3 Å². The van der Waals surface area contributed by atoms with Crippen LogP contribution in [0, 0.1) is 11.7 Å². The number of nitrogens with zero attached hydrogens (tertiary/aromatic N) is 4. The summed E-state index contributed by atoms with van der Waals surface area (Å²) < 4.78 is 40.9. The first-order valence-corrected chi connectivity index (χ1v) is 14.9. The Morgan fingerprint density at radius 1 is 1.08 bits per heavy atom. The van der Waals surface area contributed by atoms with Gasteiger partial charge in [-0.05, 0) is 57.2 Å². The van der Waals surface area contributed by atoms with Gasteiger partial charge in [0.05, 0.1) is 46.4 Å². The van der Waals surface area contributed by atoms with Crippen molar-refractivity contribution in [3.05, 3.63) is 35.3 Å². The zero-order valence-corrected chi connectivity index (χ0v) is 22.0. The molecular weight excluding hydrogens is 495 g/mol. The van der Waals surface area contributed by atoms with Gasteiger partial charge in [-0.15, -0.1) is 0 Å². The molecule has 4 aliphatic heterocycles. The second-order valence-corrected chi connectivity index (χ2v) is 12.0. The maximum absolute atomic E-state index is 14.9. The predicted octanol–water partition coefficient (Wildman–Crippen LogP) is 3.24. The number of carbonyl (C=O) groups is 1. The Bertz CT molecular complexity index is 1180. The van der Waals surface area contributed by atoms with E-state index in [2.05, 4.69) is 4.90 Å². The van der Waals surface area contributed by atoms with Gasteiger partial charge in [-0.1, -0.05) is 12.1 Å². The summed E-state index contributed by atoms with van der Waals surface area (Å²) >= 11 is 0. The van der Waals surface area contributed by atoms with Gasteiger partial charge in [0, 0.05) is 44.0 Å². The Morgan fingerprint density at radius 3 is 2.68 bits per heavy atom. The fourth-order valence-electron chi connectivity index (χ4n) is 6.21. The number of hydrogen-bond acceptors (Lipinski definition) is 6. The van der Waals surface area contributed by atoms with E-state index in [4.69, 9.17) is 14.6 Å². The molecule has 6 rings (SSSR count). The van der Waals surface area contributed by atoms with Gasteiger partial charge in [0.25, 0.3) is 5.91 Å². The Morgan fingerprint density at radius 2 is 1.86 bits per heavy atom. The first-order chi connectivity index (χ1) is 18.1. The highest BCUT2D eigenvalue weighted by atomic mass is 32.2. The van der Waals surface area contributed by atoms with Gasteiger partial charge in [-0.2, -0.15) is 5.10 Å². The number of morpholine rings is 1. The first-order valence-electron chi connectivity index (χ1n) is 13.6. The van der Waals surface area contributed by atoms with E-state index in [1.165, 1.54) is 12.5 Å². The normalized spacial score (nSPS) is 25.1. The van der Waals surface area contributed by atoms with E-state index < -0.39 is 16.6 Å². The highest BCUT2D eigenvalue weighted by molar-refractivity contribution is 7.84. The van der Waals surface area contributed by atoms with Gasteiger partial charge in [0.1, 0.15) is 5.82 Å². The Labute approximate surface area is 219 Å². The topological polar surface area (TPSA) is 76.9 Å². The zero-order valence-electron chi connectivity index (χ0n) is 21.2. The molecule has 4 aliphatic rings. The number of rotatable bonds is 5. The number of hydrogen-bond donors (Lipinski definition) is 0. The van der Waals surface area contributed by atoms with Crippen LogP contribution in [0.2, 0.25) is 0 Å². The van der Waals surface area contributed by atoms with E-state index in [1.54, 1.807) is 11.0 Å². The van der Waals surface area contributed by atoms with Crippen LogP contribution in [0.3, 0.4) is 0 Å². The van der Waals surface area contributed by atoms with Crippen LogP contribution in [0.5, 0.6) is 0 Å². The lowest BCUT2D eigenvalue weighted by molar-refractivity contribution is 0.0297. The summed E-state index contributed by atoms with van der Waals surface area (Å²) in [6.07, 6.45) is 5.43. The highest BCUT2D eigenvalue weighted by Crippen LogP contribution is 2.41. The third kappa shape index (κ3) is 5.01. The first kappa shape index (κ1) is 25.2. The fraction of sp³-hybridized carbons (Fsp3) is 0.630. The average molecular weight is 531 g/mol. The van der Waals surface area contributed by atoms with Gasteiger partial charge >= 0.3 is 0 Å². The molecule has 10 heteroatoms. The number of amides is 1. The molecule has 3 fully saturated rings. The van der Waals surface area contributed by atoms with Crippen LogP contribution in [0.25, 0.3) is 11.3 Å². The van der Waals surface area contributed by atoms with Crippen LogP contribution in [0.15, 0.2) is 23.1 Å². The van der Waals surface area contributed by atoms with Crippen molar-refractivity contribution in [1.82, 2.24) is 19.6 Å². The van der Waals surface area contributed by atoms with Crippen LogP contribution in [-0.2, 0) is 26.0 Å². The molecule has 3 saturated heterocycles. The minimum Gasteiger partial charge on any atom is -0.381 e. The number of halogens is 1. The molecule has 0 spiro atoms. The number of piperidine rings is 1. The molecule has 0 radical (unpaired) electrons. The van der Waals surface area contributed by atoms with Gasteiger partial charge in [0.15, 0.2) is 5.69 Å². The van der Waals surface area contributed by atoms with Crippen molar-refractivity contribution >= 4 is 16.7 Å². The summed E-state index contributed by atoms with van der Waals surface area (Å²) in [6, 6.07) is 4.91. The number of aromatic nitrogens is 2. The summed E-state index contributed by atoms with van der Waals surface area (Å²) in [5.41, 5.74) is 2.42. The summed E-state index contributed by atoms with van der Waals surface area (Å²) in [4.78, 5) is 18.1. The van der Waals surface area contributed by atoms with Crippen molar-refractivity contribution in [2.24, 2.45) is 5.92 Å². The number of likely N-dealkylation sites (tertiary alicyclic amines) is 1. The molecule has 0 aliphatic carbocycles. The van der Waals surface area contributed by atoms with E-state index in [9.17, 15) is 13.4 Å². The molecule has 2 aromatic rings. The number of fused-ring (bicyclic) bond motifs is 3. The molecule has 1 aromatic heterocycles. The minimum absolute atomic E-state index is 0.0751. The molecule has 1 aromatic carbocycles. The van der Waals surface area contributed by atoms with Crippen LogP contribution in [-0.4, -0.2) is 88.8 Å². The SMILES string of the molecule is O=C(c1nn([C@@H]2CCCN(CCC3CCOCC3)C2)c2c1CS(=O)c1c(F)cccc1-2)N1CCOCC1. The van der Waals surface area contributed by atoms with E-state index in [0.717, 1.165) is 64.2 Å². The van der Waals surface area contributed by atoms with E-state index in [1.807, 2.05) is 10.7 Å². The van der Waals surface area contributed by atoms with Crippen molar-refractivity contribution < 1.29 is 22.9 Å². The lowest BCUT2D eigenvalue weighted by Crippen LogP contribution is -2.41. The Balaban J connectivity index is 1.33. The van der Waals surface area contributed by atoms with Gasteiger partial charge in [-0.25, -0.2) is 4.39 Å². The Hall–Kier alpha value is -2.14. The molecular formula is C27H35FN4O4S. The molecule has 1 unspecified atom stereocenters. The van der Waals surface area contributed by atoms with Gasteiger partial charge < -0.3 is 19.3 Å². The number of ether oxygens (including phenoxy) is 2. The van der Waals surface area contributed by atoms with E-state index in [-0.39, 0.29) is 22.6 Å². The lowest BCUT2D eigenvalue weighted by atomic mass is 9.95. The standard InChI is InChI=1S/C27H35FN4O4S/c28-23-5-1-4-21-25-22(18-37(34)26(21)23)24(27(33)31-11-15-36-16-12-31)29-32(25)20-3-2-9-30(17-20)10-6-19-7-13-35-14-8-19/h1,4-5,19-20H,2-3,6-18H2/t20-,37?/m1/s1. The van der Waals surface area contributed by atoms with E-state index in [0.29, 0.717) is 49.0 Å². The zero-order chi connectivity index (χ0) is 25.4. The summed E-state index contributed by atoms with van der Waals surface area (Å²) in [6.45, 7) is 6.69. The fourth-order valence-corrected chi connectivity index (χ4v) is 7.58. The van der Waals surface area contributed by atoms with Crippen LogP contribution < -0.4 is 0 Å². The quantitative estimate of drug-likeness (QED) is 0.591. The van der Waals surface area contributed by atoms with Crippen molar-refractivity contribution in [3.63, 3.8) is 0 Å². The van der Waals surface area contributed by atoms with E-state index >= 15 is 0 Å². The second-order valence-electron chi connectivity index (χ2n) is 10.6. The molecule has 2 atom stereocenters. The maximum Gasteiger partial charge on any atom is 0.274 e. The van der Waals surface area contributed by atoms with Crippen molar-refractivity contribution in [1.29, 1.82) is 0 Å². The third-order valence-electron chi connectivity index (χ3n) is 8.26. The highest BCUT2D eigenvalue weighted by Gasteiger charge is 2.37. The van der Waals surface area contributed by atoms with Gasteiger partial charge in [0.2, 0.25) is 0 Å². The third-order valence-corrected chi connectivity index (χ3v) is 9.68. The smallest absolute Gasteiger partial charge is 0.274 e. The van der Waals surface area contributed by atoms with Gasteiger partial charge in [-0.3, -0.25) is 13.7 Å². The minimum atomic E-state index is -1.57. The lowest BCUT2D eigenvalue weighted by Gasteiger charge is -2.35. The monoisotopic (exact) mass is 530 g/mol. The summed E-state index contributed by atoms with van der Waals surface area (Å²) in [5, 5.41) is 4.92. The molecule has 1 amide bonds. The largest absolute Gasteiger partial charge is 0.381 e. The molecule has 8 nitrogen and oxygen atoms in total. The molecule has 200 valence electrons. The van der Waals surface area contributed by atoms with Crippen LogP contribution in [0.4, 0.5) is 4.39 Å². The molecule has 5 heterocycles. The number of carbonyl (C=O) groups excluding carboxylic acids is 1. The number of benzene rings is 1.